The average molecular weight is 254 g/mol. The molecule has 2 rings (SSSR count). The number of hydrogen-bond donors (Lipinski definition) is 2. The van der Waals surface area contributed by atoms with Crippen LogP contribution in [-0.4, -0.2) is 22.2 Å². The fourth-order valence-electron chi connectivity index (χ4n) is 1.61. The molecular formula is C13H11BN2O3. The highest BCUT2D eigenvalue weighted by Gasteiger charge is 2.16. The highest BCUT2D eigenvalue weighted by Crippen LogP contribution is 2.10. The third-order valence-electron chi connectivity index (χ3n) is 2.53. The standard InChI is InChI=1S/C13H11BN2O3/c15-8-11-7-10(5-6-16-11)9-19-13-4-2-1-3-12(13)14(17)18/h1-7,17-18H,9H2. The molecule has 0 radical (unpaired) electrons. The Labute approximate surface area is 110 Å². The molecular weight excluding hydrogens is 243 g/mol. The summed E-state index contributed by atoms with van der Waals surface area (Å²) in [7, 11) is -1.58. The number of rotatable bonds is 4. The maximum atomic E-state index is 9.21. The Bertz CT molecular complexity index is 611. The molecule has 6 heteroatoms. The third-order valence-corrected chi connectivity index (χ3v) is 2.53. The molecule has 2 aromatic rings. The average Bonchev–Trinajstić information content (AvgIpc) is 2.45. The minimum absolute atomic E-state index is 0.223. The lowest BCUT2D eigenvalue weighted by atomic mass is 9.79. The Morgan fingerprint density at radius 1 is 1.26 bits per heavy atom. The summed E-state index contributed by atoms with van der Waals surface area (Å²) in [5.74, 6) is 0.396. The van der Waals surface area contributed by atoms with Gasteiger partial charge in [0, 0.05) is 11.7 Å². The van der Waals surface area contributed by atoms with E-state index in [1.165, 1.54) is 6.20 Å². The van der Waals surface area contributed by atoms with Gasteiger partial charge in [0.2, 0.25) is 0 Å². The van der Waals surface area contributed by atoms with E-state index in [4.69, 9.17) is 10.00 Å². The van der Waals surface area contributed by atoms with E-state index in [1.807, 2.05) is 6.07 Å². The van der Waals surface area contributed by atoms with Crippen LogP contribution < -0.4 is 10.2 Å². The van der Waals surface area contributed by atoms with Crippen molar-refractivity contribution < 1.29 is 14.8 Å². The lowest BCUT2D eigenvalue weighted by Crippen LogP contribution is -2.31. The lowest BCUT2D eigenvalue weighted by Gasteiger charge is -2.10. The predicted octanol–water partition coefficient (Wildman–Crippen LogP) is 0.212. The molecule has 0 unspecified atom stereocenters. The minimum atomic E-state index is -1.58. The van der Waals surface area contributed by atoms with Gasteiger partial charge in [-0.1, -0.05) is 18.2 Å². The second-order valence-electron chi connectivity index (χ2n) is 3.86. The van der Waals surface area contributed by atoms with Crippen molar-refractivity contribution >= 4 is 12.6 Å². The molecule has 94 valence electrons. The van der Waals surface area contributed by atoms with Crippen molar-refractivity contribution in [1.82, 2.24) is 4.98 Å². The van der Waals surface area contributed by atoms with Crippen molar-refractivity contribution in [3.05, 3.63) is 53.9 Å². The molecule has 1 aromatic carbocycles. The van der Waals surface area contributed by atoms with Gasteiger partial charge in [-0.15, -0.1) is 0 Å². The van der Waals surface area contributed by atoms with Gasteiger partial charge in [0.25, 0.3) is 0 Å². The largest absolute Gasteiger partial charge is 0.492 e. The summed E-state index contributed by atoms with van der Waals surface area (Å²) in [4.78, 5) is 3.86. The summed E-state index contributed by atoms with van der Waals surface area (Å²) in [6.07, 6.45) is 1.53. The number of para-hydroxylation sites is 1. The second kappa shape index (κ2) is 6.00. The molecule has 0 saturated heterocycles. The number of hydrogen-bond acceptors (Lipinski definition) is 5. The Hall–Kier alpha value is -2.36. The smallest absolute Gasteiger partial charge is 0.489 e. The molecule has 1 heterocycles. The molecule has 0 aliphatic rings. The molecule has 1 aromatic heterocycles. The summed E-state index contributed by atoms with van der Waals surface area (Å²) < 4.78 is 5.53. The Morgan fingerprint density at radius 2 is 2.05 bits per heavy atom. The maximum absolute atomic E-state index is 9.21. The number of nitriles is 1. The normalized spacial score (nSPS) is 9.74. The van der Waals surface area contributed by atoms with Crippen molar-refractivity contribution in [2.45, 2.75) is 6.61 Å². The van der Waals surface area contributed by atoms with E-state index in [0.717, 1.165) is 5.56 Å². The van der Waals surface area contributed by atoms with Crippen LogP contribution in [0.15, 0.2) is 42.6 Å². The van der Waals surface area contributed by atoms with E-state index in [0.29, 0.717) is 16.9 Å². The van der Waals surface area contributed by atoms with Crippen molar-refractivity contribution in [3.63, 3.8) is 0 Å². The molecule has 0 aliphatic heterocycles. The fraction of sp³-hybridized carbons (Fsp3) is 0.0769. The molecule has 0 aliphatic carbocycles. The number of nitrogens with zero attached hydrogens (tertiary/aromatic N) is 2. The maximum Gasteiger partial charge on any atom is 0.492 e. The monoisotopic (exact) mass is 254 g/mol. The zero-order valence-electron chi connectivity index (χ0n) is 10.0. The van der Waals surface area contributed by atoms with Crippen molar-refractivity contribution in [2.24, 2.45) is 0 Å². The van der Waals surface area contributed by atoms with Crippen LogP contribution in [0.3, 0.4) is 0 Å². The van der Waals surface area contributed by atoms with Gasteiger partial charge in [-0.25, -0.2) is 4.98 Å². The van der Waals surface area contributed by atoms with Crippen LogP contribution >= 0.6 is 0 Å². The Balaban J connectivity index is 2.12. The highest BCUT2D eigenvalue weighted by atomic mass is 16.5. The zero-order chi connectivity index (χ0) is 13.7. The van der Waals surface area contributed by atoms with Gasteiger partial charge < -0.3 is 14.8 Å². The number of ether oxygens (including phenoxy) is 1. The van der Waals surface area contributed by atoms with Crippen LogP contribution in [0.4, 0.5) is 0 Å². The van der Waals surface area contributed by atoms with E-state index in [2.05, 4.69) is 4.98 Å². The molecule has 5 nitrogen and oxygen atoms in total. The van der Waals surface area contributed by atoms with Crippen LogP contribution in [0, 0.1) is 11.3 Å². The number of aromatic nitrogens is 1. The lowest BCUT2D eigenvalue weighted by molar-refractivity contribution is 0.306. The molecule has 0 saturated carbocycles. The first-order valence-corrected chi connectivity index (χ1v) is 5.63. The van der Waals surface area contributed by atoms with Gasteiger partial charge in [-0.2, -0.15) is 5.26 Å². The van der Waals surface area contributed by atoms with E-state index in [9.17, 15) is 10.0 Å². The number of pyridine rings is 1. The van der Waals surface area contributed by atoms with Crippen molar-refractivity contribution in [3.8, 4) is 11.8 Å². The first-order valence-electron chi connectivity index (χ1n) is 5.63. The van der Waals surface area contributed by atoms with Crippen LogP contribution in [0.25, 0.3) is 0 Å². The summed E-state index contributed by atoms with van der Waals surface area (Å²) in [6, 6.07) is 12.0. The first-order chi connectivity index (χ1) is 9.20. The van der Waals surface area contributed by atoms with Crippen molar-refractivity contribution in [1.29, 1.82) is 5.26 Å². The molecule has 0 bridgehead atoms. The van der Waals surface area contributed by atoms with Gasteiger partial charge in [-0.3, -0.25) is 0 Å². The Morgan fingerprint density at radius 3 is 2.79 bits per heavy atom. The third kappa shape index (κ3) is 3.31. The first kappa shape index (κ1) is 13.1. The Kier molecular flexibility index (Phi) is 4.13. The van der Waals surface area contributed by atoms with Gasteiger partial charge in [-0.05, 0) is 23.8 Å². The quantitative estimate of drug-likeness (QED) is 0.762. The molecule has 19 heavy (non-hydrogen) atoms. The van der Waals surface area contributed by atoms with Crippen LogP contribution in [0.1, 0.15) is 11.3 Å². The minimum Gasteiger partial charge on any atom is -0.489 e. The number of benzene rings is 1. The SMILES string of the molecule is N#Cc1cc(COc2ccccc2B(O)O)ccn1. The van der Waals surface area contributed by atoms with Crippen LogP contribution in [0.5, 0.6) is 5.75 Å². The second-order valence-corrected chi connectivity index (χ2v) is 3.86. The highest BCUT2D eigenvalue weighted by molar-refractivity contribution is 6.59. The van der Waals surface area contributed by atoms with E-state index < -0.39 is 7.12 Å². The molecule has 0 spiro atoms. The zero-order valence-corrected chi connectivity index (χ0v) is 10.0. The topological polar surface area (TPSA) is 86.4 Å². The predicted molar refractivity (Wildman–Crippen MR) is 69.6 cm³/mol. The molecule has 2 N–H and O–H groups in total. The van der Waals surface area contributed by atoms with E-state index in [-0.39, 0.29) is 6.61 Å². The van der Waals surface area contributed by atoms with Crippen LogP contribution in [-0.2, 0) is 6.61 Å². The van der Waals surface area contributed by atoms with Gasteiger partial charge >= 0.3 is 7.12 Å². The van der Waals surface area contributed by atoms with Gasteiger partial charge in [0.05, 0.1) is 0 Å². The molecule has 0 atom stereocenters. The summed E-state index contributed by atoms with van der Waals surface area (Å²) in [5.41, 5.74) is 1.41. The van der Waals surface area contributed by atoms with Gasteiger partial charge in [0.1, 0.15) is 24.1 Å². The summed E-state index contributed by atoms with van der Waals surface area (Å²) in [6.45, 7) is 0.223. The molecule has 0 fully saturated rings. The fourth-order valence-corrected chi connectivity index (χ4v) is 1.61. The van der Waals surface area contributed by atoms with Crippen molar-refractivity contribution in [2.75, 3.05) is 0 Å². The van der Waals surface area contributed by atoms with E-state index in [1.54, 1.807) is 36.4 Å². The summed E-state index contributed by atoms with van der Waals surface area (Å²) in [5, 5.41) is 27.2. The molecule has 0 amide bonds. The van der Waals surface area contributed by atoms with E-state index >= 15 is 0 Å². The van der Waals surface area contributed by atoms with Crippen LogP contribution in [0.2, 0.25) is 0 Å². The summed E-state index contributed by atoms with van der Waals surface area (Å²) >= 11 is 0. The van der Waals surface area contributed by atoms with Gasteiger partial charge in [0.15, 0.2) is 0 Å².